The largest absolute Gasteiger partial charge is 0.383 e. The third kappa shape index (κ3) is 7.76. The third-order valence-corrected chi connectivity index (χ3v) is 2.30. The van der Waals surface area contributed by atoms with Crippen molar-refractivity contribution in [3.63, 3.8) is 0 Å². The average molecular weight is 262 g/mol. The normalized spacial score (nSPS) is 12.3. The molecule has 104 valence electrons. The molecule has 4 nitrogen and oxygen atoms in total. The van der Waals surface area contributed by atoms with Crippen LogP contribution < -0.4 is 10.4 Å². The van der Waals surface area contributed by atoms with Gasteiger partial charge < -0.3 is 4.90 Å². The fourth-order valence-electron chi connectivity index (χ4n) is 1.44. The van der Waals surface area contributed by atoms with Crippen molar-refractivity contribution in [2.45, 2.75) is 13.8 Å². The van der Waals surface area contributed by atoms with Gasteiger partial charge in [0.1, 0.15) is 0 Å². The zero-order valence-electron chi connectivity index (χ0n) is 12.3. The van der Waals surface area contributed by atoms with Crippen LogP contribution in [0.4, 0.5) is 0 Å². The summed E-state index contributed by atoms with van der Waals surface area (Å²) in [5.41, 5.74) is 1.24. The maximum Gasteiger partial charge on any atom is 0.194 e. The number of benzene rings is 1. The summed E-state index contributed by atoms with van der Waals surface area (Å²) in [6.07, 6.45) is 8.45. The lowest BCUT2D eigenvalue weighted by molar-refractivity contribution is -0.445. The Morgan fingerprint density at radius 2 is 1.68 bits per heavy atom. The Morgan fingerprint density at radius 3 is 2.11 bits per heavy atom. The predicted octanol–water partition coefficient (Wildman–Crippen LogP) is 1.71. The van der Waals surface area contributed by atoms with E-state index in [1.807, 2.05) is 19.0 Å². The molecule has 1 aromatic carbocycles. The zero-order chi connectivity index (χ0) is 14.8. The van der Waals surface area contributed by atoms with Crippen molar-refractivity contribution < 1.29 is 4.92 Å². The lowest BCUT2D eigenvalue weighted by atomic mass is 10.1. The highest BCUT2D eigenvalue weighted by Gasteiger charge is 1.88. The molecule has 0 amide bonds. The summed E-state index contributed by atoms with van der Waals surface area (Å²) in [4.78, 5) is 10.3. The van der Waals surface area contributed by atoms with Crippen molar-refractivity contribution in [2.24, 2.45) is 0 Å². The first-order valence-corrected chi connectivity index (χ1v) is 6.06. The first-order valence-electron chi connectivity index (χ1n) is 6.06. The molecular formula is C15H22N2O2. The molecule has 0 aliphatic rings. The first-order chi connectivity index (χ1) is 8.90. The summed E-state index contributed by atoms with van der Waals surface area (Å²) in [6.45, 7) is 4.14. The highest BCUT2D eigenvalue weighted by Crippen LogP contribution is 1.96. The van der Waals surface area contributed by atoms with Gasteiger partial charge in [0.2, 0.25) is 0 Å². The zero-order valence-corrected chi connectivity index (χ0v) is 12.3. The van der Waals surface area contributed by atoms with E-state index < -0.39 is 4.92 Å². The molecule has 0 N–H and O–H groups in total. The molecule has 0 unspecified atom stereocenters. The molecule has 0 saturated heterocycles. The average Bonchev–Trinajstić information content (AvgIpc) is 2.35. The van der Waals surface area contributed by atoms with E-state index in [4.69, 9.17) is 10.1 Å². The van der Waals surface area contributed by atoms with Gasteiger partial charge in [-0.3, -0.25) is 10.1 Å². The summed E-state index contributed by atoms with van der Waals surface area (Å²) in [5, 5.41) is 11.4. The highest BCUT2D eigenvalue weighted by atomic mass is 16.6. The lowest BCUT2D eigenvalue weighted by Crippen LogP contribution is -2.23. The standard InChI is InChI=1S/C14H19N.CH3NO2/c1-5-13-8-7-12(9-10-15(3)4)11-14(13)6-2;1-2(3)4/h5-11H,1-4H3;1H3/b10-9+,13-5-,14-6-;. The van der Waals surface area contributed by atoms with Gasteiger partial charge >= 0.3 is 0 Å². The van der Waals surface area contributed by atoms with Crippen LogP contribution in [-0.4, -0.2) is 31.0 Å². The van der Waals surface area contributed by atoms with E-state index >= 15 is 0 Å². The second kappa shape index (κ2) is 8.91. The fraction of sp³-hybridized carbons (Fsp3) is 0.333. The number of rotatable bonds is 2. The van der Waals surface area contributed by atoms with Gasteiger partial charge in [0.05, 0.1) is 0 Å². The molecule has 0 radical (unpaired) electrons. The van der Waals surface area contributed by atoms with Crippen molar-refractivity contribution in [2.75, 3.05) is 21.1 Å². The van der Waals surface area contributed by atoms with Crippen LogP contribution in [0.1, 0.15) is 19.4 Å². The summed E-state index contributed by atoms with van der Waals surface area (Å²) < 4.78 is 0. The highest BCUT2D eigenvalue weighted by molar-refractivity contribution is 5.50. The van der Waals surface area contributed by atoms with Gasteiger partial charge in [-0.15, -0.1) is 0 Å². The Hall–Kier alpha value is -2.10. The Morgan fingerprint density at radius 1 is 1.16 bits per heavy atom. The van der Waals surface area contributed by atoms with E-state index in [0.29, 0.717) is 0 Å². The van der Waals surface area contributed by atoms with Crippen LogP contribution >= 0.6 is 0 Å². The monoisotopic (exact) mass is 262 g/mol. The molecule has 0 bridgehead atoms. The molecule has 0 heterocycles. The van der Waals surface area contributed by atoms with E-state index in [1.54, 1.807) is 0 Å². The summed E-state index contributed by atoms with van der Waals surface area (Å²) in [6, 6.07) is 6.50. The molecule has 1 aromatic rings. The van der Waals surface area contributed by atoms with E-state index in [9.17, 15) is 0 Å². The van der Waals surface area contributed by atoms with Crippen molar-refractivity contribution in [3.8, 4) is 0 Å². The van der Waals surface area contributed by atoms with Crippen LogP contribution in [0.15, 0.2) is 24.4 Å². The second-order valence-electron chi connectivity index (χ2n) is 4.18. The molecular weight excluding hydrogens is 240 g/mol. The van der Waals surface area contributed by atoms with Gasteiger partial charge in [-0.1, -0.05) is 24.3 Å². The minimum atomic E-state index is -0.500. The molecule has 0 saturated carbocycles. The number of nitro groups is 1. The summed E-state index contributed by atoms with van der Waals surface area (Å²) in [7, 11) is 4.94. The van der Waals surface area contributed by atoms with Crippen molar-refractivity contribution in [1.29, 1.82) is 0 Å². The van der Waals surface area contributed by atoms with Crippen molar-refractivity contribution in [1.82, 2.24) is 4.90 Å². The van der Waals surface area contributed by atoms with Crippen LogP contribution in [0.2, 0.25) is 0 Å². The number of nitrogens with zero attached hydrogens (tertiary/aromatic N) is 2. The number of hydrogen-bond donors (Lipinski definition) is 0. The van der Waals surface area contributed by atoms with E-state index in [2.05, 4.69) is 56.5 Å². The van der Waals surface area contributed by atoms with Gasteiger partial charge in [-0.2, -0.15) is 0 Å². The van der Waals surface area contributed by atoms with Gasteiger partial charge in [-0.25, -0.2) is 0 Å². The minimum Gasteiger partial charge on any atom is -0.383 e. The minimum absolute atomic E-state index is 0.500. The Labute approximate surface area is 114 Å². The SMILES string of the molecule is C/C=c1/ccc(/C=C/N(C)C)c/c1=C/C.C[N+](=O)[O-]. The Bertz CT molecular complexity index is 542. The van der Waals surface area contributed by atoms with E-state index in [0.717, 1.165) is 7.05 Å². The molecule has 0 aliphatic carbocycles. The molecule has 0 aliphatic heterocycles. The quantitative estimate of drug-likeness (QED) is 0.602. The summed E-state index contributed by atoms with van der Waals surface area (Å²) in [5.74, 6) is 0. The van der Waals surface area contributed by atoms with Gasteiger partial charge in [-0.05, 0) is 48.2 Å². The van der Waals surface area contributed by atoms with Crippen LogP contribution in [-0.2, 0) is 0 Å². The summed E-state index contributed by atoms with van der Waals surface area (Å²) >= 11 is 0. The predicted molar refractivity (Wildman–Crippen MR) is 81.6 cm³/mol. The van der Waals surface area contributed by atoms with Crippen molar-refractivity contribution in [3.05, 3.63) is 50.5 Å². The smallest absolute Gasteiger partial charge is 0.194 e. The second-order valence-corrected chi connectivity index (χ2v) is 4.18. The maximum absolute atomic E-state index is 8.81. The molecule has 1 rings (SSSR count). The van der Waals surface area contributed by atoms with Crippen LogP contribution in [0.25, 0.3) is 18.2 Å². The topological polar surface area (TPSA) is 46.4 Å². The molecule has 0 spiro atoms. The fourth-order valence-corrected chi connectivity index (χ4v) is 1.44. The molecule has 4 heteroatoms. The van der Waals surface area contributed by atoms with Gasteiger partial charge in [0, 0.05) is 19.0 Å². The third-order valence-electron chi connectivity index (χ3n) is 2.30. The molecule has 19 heavy (non-hydrogen) atoms. The molecule has 0 fully saturated rings. The van der Waals surface area contributed by atoms with Gasteiger partial charge in [0.25, 0.3) is 0 Å². The molecule has 0 aromatic heterocycles. The van der Waals surface area contributed by atoms with Crippen LogP contribution in [0.5, 0.6) is 0 Å². The van der Waals surface area contributed by atoms with Crippen LogP contribution in [0.3, 0.4) is 0 Å². The maximum atomic E-state index is 8.81. The number of hydrogen-bond acceptors (Lipinski definition) is 3. The lowest BCUT2D eigenvalue weighted by Gasteiger charge is -2.03. The Balaban J connectivity index is 0.000000711. The van der Waals surface area contributed by atoms with Gasteiger partial charge in [0.15, 0.2) is 7.05 Å². The van der Waals surface area contributed by atoms with E-state index in [-0.39, 0.29) is 0 Å². The molecule has 0 atom stereocenters. The van der Waals surface area contributed by atoms with Crippen LogP contribution in [0, 0.1) is 10.1 Å². The Kier molecular flexibility index (Phi) is 7.93. The van der Waals surface area contributed by atoms with E-state index in [1.165, 1.54) is 16.0 Å². The van der Waals surface area contributed by atoms with Crippen molar-refractivity contribution >= 4 is 18.2 Å². The first kappa shape index (κ1) is 16.9.